The van der Waals surface area contributed by atoms with E-state index in [4.69, 9.17) is 4.74 Å². The number of allylic oxidation sites excluding steroid dienone is 1. The molecule has 1 unspecified atom stereocenters. The molecule has 0 fully saturated rings. The van der Waals surface area contributed by atoms with E-state index in [9.17, 15) is 19.7 Å². The van der Waals surface area contributed by atoms with E-state index in [1.807, 2.05) is 13.8 Å². The van der Waals surface area contributed by atoms with Gasteiger partial charge in [-0.3, -0.25) is 14.9 Å². The van der Waals surface area contributed by atoms with Gasteiger partial charge in [0.05, 0.1) is 10.5 Å². The lowest BCUT2D eigenvalue weighted by molar-refractivity contribution is -0.384. The van der Waals surface area contributed by atoms with E-state index >= 15 is 0 Å². The standard InChI is InChI=1S/C17H19NO5/c1-11-7-14(9-17(2,3)10-15(11)19)23-16(20)12-5-4-6-13(8-12)18(21)22/h4-8,14H,9-10H2,1-3H3. The van der Waals surface area contributed by atoms with Crippen molar-refractivity contribution in [2.75, 3.05) is 0 Å². The molecule has 0 saturated carbocycles. The summed E-state index contributed by atoms with van der Waals surface area (Å²) in [5.41, 5.74) is 0.257. The van der Waals surface area contributed by atoms with Crippen molar-refractivity contribution in [2.24, 2.45) is 5.41 Å². The van der Waals surface area contributed by atoms with Gasteiger partial charge >= 0.3 is 5.97 Å². The molecule has 0 N–H and O–H groups in total. The molecule has 1 aliphatic rings. The van der Waals surface area contributed by atoms with Gasteiger partial charge in [0.25, 0.3) is 5.69 Å². The van der Waals surface area contributed by atoms with Crippen LogP contribution < -0.4 is 0 Å². The van der Waals surface area contributed by atoms with Gasteiger partial charge in [0, 0.05) is 18.6 Å². The number of ether oxygens (including phenoxy) is 1. The first-order valence-corrected chi connectivity index (χ1v) is 7.35. The summed E-state index contributed by atoms with van der Waals surface area (Å²) in [4.78, 5) is 34.4. The molecule has 0 aromatic heterocycles. The van der Waals surface area contributed by atoms with Crippen LogP contribution in [0.4, 0.5) is 5.69 Å². The van der Waals surface area contributed by atoms with Crippen LogP contribution in [0.15, 0.2) is 35.9 Å². The smallest absolute Gasteiger partial charge is 0.338 e. The van der Waals surface area contributed by atoms with Crippen molar-refractivity contribution < 1.29 is 19.2 Å². The van der Waals surface area contributed by atoms with Gasteiger partial charge in [-0.1, -0.05) is 19.9 Å². The van der Waals surface area contributed by atoms with Crippen LogP contribution in [-0.4, -0.2) is 22.8 Å². The zero-order chi connectivity index (χ0) is 17.2. The van der Waals surface area contributed by atoms with Crippen LogP contribution >= 0.6 is 0 Å². The summed E-state index contributed by atoms with van der Waals surface area (Å²) in [5.74, 6) is -0.586. The van der Waals surface area contributed by atoms with Crippen molar-refractivity contribution >= 4 is 17.4 Å². The molecule has 122 valence electrons. The Kier molecular flexibility index (Phi) is 4.63. The maximum atomic E-state index is 12.2. The van der Waals surface area contributed by atoms with Gasteiger partial charge < -0.3 is 4.74 Å². The number of nitrogens with zero attached hydrogens (tertiary/aromatic N) is 1. The van der Waals surface area contributed by atoms with E-state index in [0.29, 0.717) is 18.4 Å². The second kappa shape index (κ2) is 6.32. The Morgan fingerprint density at radius 1 is 1.39 bits per heavy atom. The molecule has 6 heteroatoms. The molecule has 6 nitrogen and oxygen atoms in total. The molecule has 0 amide bonds. The van der Waals surface area contributed by atoms with E-state index in [1.54, 1.807) is 13.0 Å². The highest BCUT2D eigenvalue weighted by Gasteiger charge is 2.31. The molecule has 0 aliphatic heterocycles. The van der Waals surface area contributed by atoms with Gasteiger partial charge in [0.15, 0.2) is 5.78 Å². The molecule has 1 aromatic rings. The number of Topliss-reactive ketones (excluding diaryl/α,β-unsaturated/α-hetero) is 1. The highest BCUT2D eigenvalue weighted by Crippen LogP contribution is 2.33. The van der Waals surface area contributed by atoms with Gasteiger partial charge in [-0.25, -0.2) is 4.79 Å². The lowest BCUT2D eigenvalue weighted by Crippen LogP contribution is -2.23. The minimum Gasteiger partial charge on any atom is -0.454 e. The zero-order valence-corrected chi connectivity index (χ0v) is 13.4. The third-order valence-corrected chi connectivity index (χ3v) is 3.82. The highest BCUT2D eigenvalue weighted by molar-refractivity contribution is 5.96. The fourth-order valence-corrected chi connectivity index (χ4v) is 2.65. The van der Waals surface area contributed by atoms with Crippen molar-refractivity contribution in [1.82, 2.24) is 0 Å². The predicted octanol–water partition coefficient (Wildman–Crippen LogP) is 3.46. The van der Waals surface area contributed by atoms with Crippen LogP contribution in [0, 0.1) is 15.5 Å². The number of esters is 1. The molecule has 0 saturated heterocycles. The fourth-order valence-electron chi connectivity index (χ4n) is 2.65. The average Bonchev–Trinajstić information content (AvgIpc) is 2.54. The number of carbonyl (C=O) groups is 2. The number of hydrogen-bond donors (Lipinski definition) is 0. The van der Waals surface area contributed by atoms with Crippen molar-refractivity contribution in [1.29, 1.82) is 0 Å². The lowest BCUT2D eigenvalue weighted by Gasteiger charge is -2.25. The normalized spacial score (nSPS) is 20.4. The van der Waals surface area contributed by atoms with Crippen LogP contribution in [0.25, 0.3) is 0 Å². The Morgan fingerprint density at radius 2 is 2.09 bits per heavy atom. The van der Waals surface area contributed by atoms with Crippen LogP contribution in [0.5, 0.6) is 0 Å². The summed E-state index contributed by atoms with van der Waals surface area (Å²) >= 11 is 0. The number of nitro groups is 1. The van der Waals surface area contributed by atoms with Crippen LogP contribution in [-0.2, 0) is 9.53 Å². The molecule has 23 heavy (non-hydrogen) atoms. The number of benzene rings is 1. The number of carbonyl (C=O) groups excluding carboxylic acids is 2. The third kappa shape index (κ3) is 4.25. The Hall–Kier alpha value is -2.50. The topological polar surface area (TPSA) is 86.5 Å². The molecular weight excluding hydrogens is 298 g/mol. The number of ketones is 1. The Morgan fingerprint density at radius 3 is 2.74 bits per heavy atom. The van der Waals surface area contributed by atoms with Gasteiger partial charge in [-0.15, -0.1) is 0 Å². The molecule has 2 rings (SSSR count). The molecule has 0 radical (unpaired) electrons. The number of hydrogen-bond acceptors (Lipinski definition) is 5. The van der Waals surface area contributed by atoms with E-state index in [2.05, 4.69) is 0 Å². The quantitative estimate of drug-likeness (QED) is 0.484. The van der Waals surface area contributed by atoms with E-state index in [1.165, 1.54) is 24.3 Å². The number of non-ortho nitro benzene ring substituents is 1. The van der Waals surface area contributed by atoms with E-state index < -0.39 is 17.0 Å². The maximum Gasteiger partial charge on any atom is 0.338 e. The summed E-state index contributed by atoms with van der Waals surface area (Å²) in [6, 6.07) is 5.41. The van der Waals surface area contributed by atoms with Crippen LogP contribution in [0.1, 0.15) is 44.0 Å². The second-order valence-electron chi connectivity index (χ2n) is 6.57. The van der Waals surface area contributed by atoms with E-state index in [0.717, 1.165) is 0 Å². The first kappa shape index (κ1) is 16.9. The van der Waals surface area contributed by atoms with Gasteiger partial charge in [-0.2, -0.15) is 0 Å². The molecule has 1 aromatic carbocycles. The largest absolute Gasteiger partial charge is 0.454 e. The fraction of sp³-hybridized carbons (Fsp3) is 0.412. The Bertz CT molecular complexity index is 690. The van der Waals surface area contributed by atoms with Crippen LogP contribution in [0.2, 0.25) is 0 Å². The summed E-state index contributed by atoms with van der Waals surface area (Å²) in [7, 11) is 0. The second-order valence-corrected chi connectivity index (χ2v) is 6.57. The average molecular weight is 317 g/mol. The van der Waals surface area contributed by atoms with Crippen LogP contribution in [0.3, 0.4) is 0 Å². The van der Waals surface area contributed by atoms with Crippen molar-refractivity contribution in [2.45, 2.75) is 39.7 Å². The Labute approximate surface area is 134 Å². The van der Waals surface area contributed by atoms with Crippen molar-refractivity contribution in [3.8, 4) is 0 Å². The zero-order valence-electron chi connectivity index (χ0n) is 13.4. The first-order valence-electron chi connectivity index (χ1n) is 7.35. The molecule has 0 heterocycles. The SMILES string of the molecule is CC1=CC(OC(=O)c2cccc([N+](=O)[O-])c2)CC(C)(C)CC1=O. The van der Waals surface area contributed by atoms with Gasteiger partial charge in [0.1, 0.15) is 6.10 Å². The summed E-state index contributed by atoms with van der Waals surface area (Å²) < 4.78 is 5.46. The molecule has 1 aliphatic carbocycles. The maximum absolute atomic E-state index is 12.2. The predicted molar refractivity (Wildman–Crippen MR) is 84.1 cm³/mol. The minimum atomic E-state index is -0.632. The van der Waals surface area contributed by atoms with E-state index in [-0.39, 0.29) is 22.4 Å². The van der Waals surface area contributed by atoms with Crippen molar-refractivity contribution in [3.05, 3.63) is 51.6 Å². The molecule has 0 bridgehead atoms. The third-order valence-electron chi connectivity index (χ3n) is 3.82. The van der Waals surface area contributed by atoms with Gasteiger partial charge in [-0.05, 0) is 36.5 Å². The summed E-state index contributed by atoms with van der Waals surface area (Å²) in [6.45, 7) is 5.61. The molecular formula is C17H19NO5. The van der Waals surface area contributed by atoms with Crippen molar-refractivity contribution in [3.63, 3.8) is 0 Å². The summed E-state index contributed by atoms with van der Waals surface area (Å²) in [5, 5.41) is 10.8. The molecule has 1 atom stereocenters. The first-order chi connectivity index (χ1) is 10.7. The van der Waals surface area contributed by atoms with Gasteiger partial charge in [0.2, 0.25) is 0 Å². The monoisotopic (exact) mass is 317 g/mol. The Balaban J connectivity index is 2.20. The number of nitro benzene ring substituents is 1. The number of rotatable bonds is 3. The minimum absolute atomic E-state index is 0.0453. The lowest BCUT2D eigenvalue weighted by atomic mass is 9.83. The highest BCUT2D eigenvalue weighted by atomic mass is 16.6. The molecule has 0 spiro atoms. The summed E-state index contributed by atoms with van der Waals surface area (Å²) in [6.07, 6.45) is 2.06.